The van der Waals surface area contributed by atoms with Crippen molar-refractivity contribution in [3.63, 3.8) is 0 Å². The van der Waals surface area contributed by atoms with Crippen molar-refractivity contribution in [3.8, 4) is 0 Å². The van der Waals surface area contributed by atoms with E-state index in [1.165, 1.54) is 44.9 Å². The molecule has 4 nitrogen and oxygen atoms in total. The molecule has 0 radical (unpaired) electrons. The Morgan fingerprint density at radius 3 is 1.85 bits per heavy atom. The van der Waals surface area contributed by atoms with Crippen molar-refractivity contribution in [3.05, 3.63) is 0 Å². The van der Waals surface area contributed by atoms with E-state index in [1.54, 1.807) is 0 Å². The lowest BCUT2D eigenvalue weighted by atomic mass is 10.1. The molecule has 0 saturated carbocycles. The van der Waals surface area contributed by atoms with Crippen molar-refractivity contribution in [2.75, 3.05) is 12.8 Å². The first-order chi connectivity index (χ1) is 9.63. The Hall–Kier alpha value is -0.0200. The molecule has 0 aliphatic rings. The summed E-state index contributed by atoms with van der Waals surface area (Å²) in [4.78, 5) is 20.9. The molecule has 2 unspecified atom stereocenters. The Labute approximate surface area is 124 Å². The molecule has 0 bridgehead atoms. The average Bonchev–Trinajstić information content (AvgIpc) is 2.47. The molecule has 0 fully saturated rings. The van der Waals surface area contributed by atoms with Crippen LogP contribution in [-0.4, -0.2) is 39.5 Å². The topological polar surface area (TPSA) is 77.8 Å². The summed E-state index contributed by atoms with van der Waals surface area (Å²) >= 11 is 0. The molecule has 0 spiro atoms. The molecule has 3 N–H and O–H groups in total. The standard InChI is InChI=1S/C15H31O4P/c1-2-3-4-5-6-7-8-9-10-11-12-20(19)15(18)14(17)13-16/h14,16-17,19H,2-13H2,1H3. The van der Waals surface area contributed by atoms with Gasteiger partial charge in [-0.05, 0) is 12.6 Å². The van der Waals surface area contributed by atoms with Crippen LogP contribution >= 0.6 is 8.15 Å². The number of hydrogen-bond acceptors (Lipinski definition) is 4. The highest BCUT2D eigenvalue weighted by atomic mass is 31.1. The largest absolute Gasteiger partial charge is 0.393 e. The average molecular weight is 306 g/mol. The second kappa shape index (κ2) is 13.9. The maximum atomic E-state index is 11.3. The van der Waals surface area contributed by atoms with E-state index in [9.17, 15) is 9.69 Å². The van der Waals surface area contributed by atoms with Crippen molar-refractivity contribution < 1.29 is 19.9 Å². The van der Waals surface area contributed by atoms with Gasteiger partial charge in [-0.1, -0.05) is 64.7 Å². The first kappa shape index (κ1) is 20.0. The van der Waals surface area contributed by atoms with E-state index < -0.39 is 26.4 Å². The summed E-state index contributed by atoms with van der Waals surface area (Å²) in [5, 5.41) is 17.7. The van der Waals surface area contributed by atoms with Crippen LogP contribution in [0.4, 0.5) is 0 Å². The minimum Gasteiger partial charge on any atom is -0.393 e. The number of rotatable bonds is 14. The van der Waals surface area contributed by atoms with Gasteiger partial charge < -0.3 is 15.1 Å². The van der Waals surface area contributed by atoms with Crippen LogP contribution < -0.4 is 0 Å². The maximum Gasteiger partial charge on any atom is 0.211 e. The molecule has 0 amide bonds. The first-order valence-corrected chi connectivity index (χ1v) is 9.40. The molecule has 0 aromatic rings. The fourth-order valence-electron chi connectivity index (χ4n) is 2.11. The molecule has 0 aromatic heterocycles. The molecule has 20 heavy (non-hydrogen) atoms. The maximum absolute atomic E-state index is 11.3. The summed E-state index contributed by atoms with van der Waals surface area (Å²) in [6.07, 6.45) is 11.2. The lowest BCUT2D eigenvalue weighted by Crippen LogP contribution is -2.23. The van der Waals surface area contributed by atoms with Crippen LogP contribution in [0.2, 0.25) is 0 Å². The zero-order valence-electron chi connectivity index (χ0n) is 12.8. The number of carbonyl (C=O) groups excluding carboxylic acids is 1. The Morgan fingerprint density at radius 1 is 0.950 bits per heavy atom. The van der Waals surface area contributed by atoms with Gasteiger partial charge in [0.2, 0.25) is 5.52 Å². The number of carbonyl (C=O) groups is 1. The fourth-order valence-corrected chi connectivity index (χ4v) is 3.28. The van der Waals surface area contributed by atoms with Gasteiger partial charge >= 0.3 is 0 Å². The van der Waals surface area contributed by atoms with Crippen LogP contribution in [-0.2, 0) is 4.79 Å². The normalized spacial score (nSPS) is 14.2. The van der Waals surface area contributed by atoms with E-state index in [-0.39, 0.29) is 0 Å². The first-order valence-electron chi connectivity index (χ1n) is 7.92. The highest BCUT2D eigenvalue weighted by Gasteiger charge is 2.22. The highest BCUT2D eigenvalue weighted by Crippen LogP contribution is 2.33. The molecule has 5 heteroatoms. The van der Waals surface area contributed by atoms with Crippen LogP contribution in [0, 0.1) is 0 Å². The smallest absolute Gasteiger partial charge is 0.211 e. The molecule has 0 saturated heterocycles. The Bertz CT molecular complexity index is 236. The van der Waals surface area contributed by atoms with Gasteiger partial charge in [-0.3, -0.25) is 4.79 Å². The van der Waals surface area contributed by atoms with Crippen LogP contribution in [0.5, 0.6) is 0 Å². The van der Waals surface area contributed by atoms with Gasteiger partial charge in [-0.2, -0.15) is 0 Å². The van der Waals surface area contributed by atoms with Crippen LogP contribution in [0.3, 0.4) is 0 Å². The van der Waals surface area contributed by atoms with Crippen LogP contribution in [0.15, 0.2) is 0 Å². The Morgan fingerprint density at radius 2 is 1.40 bits per heavy atom. The van der Waals surface area contributed by atoms with Gasteiger partial charge in [0.25, 0.3) is 0 Å². The van der Waals surface area contributed by atoms with Gasteiger partial charge in [0, 0.05) is 0 Å². The van der Waals surface area contributed by atoms with Gasteiger partial charge in [0.1, 0.15) is 6.10 Å². The zero-order valence-corrected chi connectivity index (χ0v) is 13.7. The van der Waals surface area contributed by atoms with Crippen molar-refractivity contribution in [1.82, 2.24) is 0 Å². The van der Waals surface area contributed by atoms with Crippen molar-refractivity contribution in [2.45, 2.75) is 77.2 Å². The molecule has 0 aliphatic heterocycles. The second-order valence-electron chi connectivity index (χ2n) is 5.34. The van der Waals surface area contributed by atoms with Gasteiger partial charge in [-0.25, -0.2) is 0 Å². The Kier molecular flexibility index (Phi) is 13.9. The summed E-state index contributed by atoms with van der Waals surface area (Å²) in [6, 6.07) is 0. The summed E-state index contributed by atoms with van der Waals surface area (Å²) < 4.78 is 0. The number of aliphatic hydroxyl groups is 2. The Balaban J connectivity index is 3.33. The molecule has 120 valence electrons. The van der Waals surface area contributed by atoms with Crippen molar-refractivity contribution >= 4 is 13.7 Å². The summed E-state index contributed by atoms with van der Waals surface area (Å²) in [6.45, 7) is 1.62. The lowest BCUT2D eigenvalue weighted by molar-refractivity contribution is -0.121. The van der Waals surface area contributed by atoms with Crippen molar-refractivity contribution in [2.24, 2.45) is 0 Å². The van der Waals surface area contributed by atoms with Gasteiger partial charge in [0.15, 0.2) is 0 Å². The third kappa shape index (κ3) is 10.7. The summed E-state index contributed by atoms with van der Waals surface area (Å²) in [7, 11) is -1.77. The minimum absolute atomic E-state index is 0.446. The highest BCUT2D eigenvalue weighted by molar-refractivity contribution is 7.69. The monoisotopic (exact) mass is 306 g/mol. The SMILES string of the molecule is CCCCCCCCCCCCP(O)C(=O)C(O)CO. The number of hydrogen-bond donors (Lipinski definition) is 3. The minimum atomic E-state index is -1.77. The van der Waals surface area contributed by atoms with E-state index in [2.05, 4.69) is 6.92 Å². The molecular weight excluding hydrogens is 275 g/mol. The summed E-state index contributed by atoms with van der Waals surface area (Å²) in [5.74, 6) is 0. The van der Waals surface area contributed by atoms with E-state index in [1.807, 2.05) is 0 Å². The molecule has 2 atom stereocenters. The molecule has 0 aromatic carbocycles. The zero-order chi connectivity index (χ0) is 15.2. The van der Waals surface area contributed by atoms with Crippen molar-refractivity contribution in [1.29, 1.82) is 0 Å². The fraction of sp³-hybridized carbons (Fsp3) is 0.933. The second-order valence-corrected chi connectivity index (χ2v) is 7.03. The third-order valence-corrected chi connectivity index (χ3v) is 4.98. The van der Waals surface area contributed by atoms with Crippen LogP contribution in [0.25, 0.3) is 0 Å². The van der Waals surface area contributed by atoms with Gasteiger partial charge in [0.05, 0.1) is 14.8 Å². The molecule has 0 heterocycles. The lowest BCUT2D eigenvalue weighted by Gasteiger charge is -2.12. The third-order valence-electron chi connectivity index (χ3n) is 3.44. The summed E-state index contributed by atoms with van der Waals surface area (Å²) in [5.41, 5.74) is -0.599. The van der Waals surface area contributed by atoms with E-state index in [0.29, 0.717) is 6.16 Å². The van der Waals surface area contributed by atoms with E-state index in [0.717, 1.165) is 19.3 Å². The van der Waals surface area contributed by atoms with Gasteiger partial charge in [-0.15, -0.1) is 0 Å². The molecular formula is C15H31O4P. The predicted octanol–water partition coefficient (Wildman–Crippen LogP) is 3.18. The molecule has 0 rings (SSSR count). The van der Waals surface area contributed by atoms with E-state index in [4.69, 9.17) is 10.2 Å². The quantitative estimate of drug-likeness (QED) is 0.340. The van der Waals surface area contributed by atoms with E-state index >= 15 is 0 Å². The predicted molar refractivity (Wildman–Crippen MR) is 83.9 cm³/mol. The molecule has 0 aliphatic carbocycles. The number of unbranched alkanes of at least 4 members (excludes halogenated alkanes) is 9. The number of aliphatic hydroxyl groups excluding tert-OH is 2. The van der Waals surface area contributed by atoms with Crippen LogP contribution in [0.1, 0.15) is 71.1 Å².